The van der Waals surface area contributed by atoms with Crippen molar-refractivity contribution in [1.82, 2.24) is 5.32 Å². The Bertz CT molecular complexity index is 247. The van der Waals surface area contributed by atoms with Crippen LogP contribution in [0.4, 0.5) is 0 Å². The third kappa shape index (κ3) is 3.82. The van der Waals surface area contributed by atoms with Crippen molar-refractivity contribution in [2.24, 2.45) is 5.92 Å². The fraction of sp³-hybridized carbons (Fsp3) is 0.867. The Balaban J connectivity index is 2.82. The number of likely N-dealkylation sites (N-methyl/N-ethyl adjacent to an activating group) is 1. The predicted octanol–water partition coefficient (Wildman–Crippen LogP) is 3.53. The summed E-state index contributed by atoms with van der Waals surface area (Å²) in [4.78, 5) is 0. The largest absolute Gasteiger partial charge is 0.374 e. The Labute approximate surface area is 107 Å². The highest BCUT2D eigenvalue weighted by molar-refractivity contribution is 5.03. The third-order valence-electron chi connectivity index (χ3n) is 3.96. The molecular formula is C15H29NO. The van der Waals surface area contributed by atoms with Crippen LogP contribution in [0.3, 0.4) is 0 Å². The van der Waals surface area contributed by atoms with E-state index in [1.807, 2.05) is 7.05 Å². The van der Waals surface area contributed by atoms with Crippen molar-refractivity contribution in [3.63, 3.8) is 0 Å². The fourth-order valence-corrected chi connectivity index (χ4v) is 3.28. The zero-order valence-corrected chi connectivity index (χ0v) is 12.0. The molecule has 0 saturated heterocycles. The maximum atomic E-state index is 6.19. The quantitative estimate of drug-likeness (QED) is 0.716. The zero-order chi connectivity index (χ0) is 12.9. The van der Waals surface area contributed by atoms with Gasteiger partial charge in [0, 0.05) is 12.6 Å². The van der Waals surface area contributed by atoms with E-state index in [4.69, 9.17) is 4.74 Å². The van der Waals surface area contributed by atoms with Gasteiger partial charge in [-0.25, -0.2) is 0 Å². The summed E-state index contributed by atoms with van der Waals surface area (Å²) in [5.74, 6) is 0.774. The lowest BCUT2D eigenvalue weighted by Crippen LogP contribution is -2.54. The van der Waals surface area contributed by atoms with E-state index in [-0.39, 0.29) is 5.60 Å². The molecule has 3 atom stereocenters. The minimum Gasteiger partial charge on any atom is -0.374 e. The van der Waals surface area contributed by atoms with Gasteiger partial charge < -0.3 is 10.1 Å². The molecule has 0 aliphatic heterocycles. The van der Waals surface area contributed by atoms with Crippen molar-refractivity contribution in [1.29, 1.82) is 0 Å². The zero-order valence-electron chi connectivity index (χ0n) is 12.0. The molecule has 0 radical (unpaired) electrons. The van der Waals surface area contributed by atoms with E-state index < -0.39 is 0 Å². The minimum absolute atomic E-state index is 0.0279. The normalized spacial score (nSPS) is 31.2. The van der Waals surface area contributed by atoms with Crippen LogP contribution in [0, 0.1) is 5.92 Å². The SMILES string of the molecule is C=C(C)CC(NC)C1(OCC)CCCC(C)C1. The van der Waals surface area contributed by atoms with Gasteiger partial charge in [0.2, 0.25) is 0 Å². The molecule has 1 aliphatic carbocycles. The molecule has 0 spiro atoms. The van der Waals surface area contributed by atoms with Crippen molar-refractivity contribution >= 4 is 0 Å². The molecule has 2 nitrogen and oxygen atoms in total. The van der Waals surface area contributed by atoms with E-state index in [2.05, 4.69) is 32.7 Å². The van der Waals surface area contributed by atoms with Crippen LogP contribution in [-0.4, -0.2) is 25.3 Å². The topological polar surface area (TPSA) is 21.3 Å². The molecule has 0 amide bonds. The van der Waals surface area contributed by atoms with E-state index >= 15 is 0 Å². The van der Waals surface area contributed by atoms with Crippen LogP contribution in [0.25, 0.3) is 0 Å². The summed E-state index contributed by atoms with van der Waals surface area (Å²) in [6, 6.07) is 0.405. The molecule has 17 heavy (non-hydrogen) atoms. The Kier molecular flexibility index (Phi) is 5.68. The van der Waals surface area contributed by atoms with Crippen molar-refractivity contribution in [3.8, 4) is 0 Å². The molecule has 1 saturated carbocycles. The van der Waals surface area contributed by atoms with Crippen molar-refractivity contribution in [2.45, 2.75) is 64.5 Å². The lowest BCUT2D eigenvalue weighted by Gasteiger charge is -2.45. The molecule has 0 aromatic heterocycles. The first-order chi connectivity index (χ1) is 8.04. The lowest BCUT2D eigenvalue weighted by atomic mass is 9.73. The Morgan fingerprint density at radius 1 is 1.59 bits per heavy atom. The second kappa shape index (κ2) is 6.55. The lowest BCUT2D eigenvalue weighted by molar-refractivity contribution is -0.0987. The first kappa shape index (κ1) is 14.7. The number of ether oxygens (including phenoxy) is 1. The van der Waals surface area contributed by atoms with Gasteiger partial charge in [-0.3, -0.25) is 0 Å². The van der Waals surface area contributed by atoms with Crippen LogP contribution < -0.4 is 5.32 Å². The van der Waals surface area contributed by atoms with E-state index in [9.17, 15) is 0 Å². The molecule has 0 bridgehead atoms. The smallest absolute Gasteiger partial charge is 0.0840 e. The summed E-state index contributed by atoms with van der Waals surface area (Å²) in [5.41, 5.74) is 1.27. The monoisotopic (exact) mass is 239 g/mol. The maximum Gasteiger partial charge on any atom is 0.0840 e. The van der Waals surface area contributed by atoms with Gasteiger partial charge in [0.25, 0.3) is 0 Å². The van der Waals surface area contributed by atoms with E-state index in [0.717, 1.165) is 18.9 Å². The highest BCUT2D eigenvalue weighted by Crippen LogP contribution is 2.39. The van der Waals surface area contributed by atoms with Gasteiger partial charge in [0.15, 0.2) is 0 Å². The summed E-state index contributed by atoms with van der Waals surface area (Å²) < 4.78 is 6.19. The number of hydrogen-bond donors (Lipinski definition) is 1. The third-order valence-corrected chi connectivity index (χ3v) is 3.96. The fourth-order valence-electron chi connectivity index (χ4n) is 3.28. The van der Waals surface area contributed by atoms with Gasteiger partial charge in [-0.1, -0.05) is 25.3 Å². The highest BCUT2D eigenvalue weighted by Gasteiger charge is 2.41. The molecule has 3 unspecified atom stereocenters. The van der Waals surface area contributed by atoms with E-state index in [1.165, 1.54) is 31.3 Å². The van der Waals surface area contributed by atoms with Gasteiger partial charge in [-0.05, 0) is 46.1 Å². The molecule has 0 heterocycles. The average molecular weight is 239 g/mol. The minimum atomic E-state index is 0.0279. The molecule has 0 aromatic rings. The summed E-state index contributed by atoms with van der Waals surface area (Å²) in [5, 5.41) is 3.46. The van der Waals surface area contributed by atoms with Crippen LogP contribution in [0.15, 0.2) is 12.2 Å². The van der Waals surface area contributed by atoms with Gasteiger partial charge in [-0.15, -0.1) is 6.58 Å². The molecule has 2 heteroatoms. The van der Waals surface area contributed by atoms with Crippen LogP contribution in [0.1, 0.15) is 52.9 Å². The van der Waals surface area contributed by atoms with E-state index in [1.54, 1.807) is 0 Å². The first-order valence-corrected chi connectivity index (χ1v) is 6.99. The molecular weight excluding hydrogens is 210 g/mol. The Morgan fingerprint density at radius 2 is 2.29 bits per heavy atom. The highest BCUT2D eigenvalue weighted by atomic mass is 16.5. The molecule has 1 fully saturated rings. The van der Waals surface area contributed by atoms with Crippen LogP contribution in [0.5, 0.6) is 0 Å². The molecule has 1 aliphatic rings. The summed E-state index contributed by atoms with van der Waals surface area (Å²) in [7, 11) is 2.05. The van der Waals surface area contributed by atoms with Crippen molar-refractivity contribution in [2.75, 3.05) is 13.7 Å². The molecule has 0 aromatic carbocycles. The summed E-state index contributed by atoms with van der Waals surface area (Å²) in [6.07, 6.45) is 6.01. The Morgan fingerprint density at radius 3 is 2.76 bits per heavy atom. The molecule has 1 rings (SSSR count). The van der Waals surface area contributed by atoms with Gasteiger partial charge >= 0.3 is 0 Å². The summed E-state index contributed by atoms with van der Waals surface area (Å²) >= 11 is 0. The second-order valence-electron chi connectivity index (χ2n) is 5.70. The number of nitrogens with one attached hydrogen (secondary N) is 1. The van der Waals surface area contributed by atoms with Gasteiger partial charge in [0.1, 0.15) is 0 Å². The maximum absolute atomic E-state index is 6.19. The number of rotatable bonds is 6. The van der Waals surface area contributed by atoms with Crippen molar-refractivity contribution in [3.05, 3.63) is 12.2 Å². The van der Waals surface area contributed by atoms with Gasteiger partial charge in [-0.2, -0.15) is 0 Å². The molecule has 100 valence electrons. The van der Waals surface area contributed by atoms with Gasteiger partial charge in [0.05, 0.1) is 5.60 Å². The van der Waals surface area contributed by atoms with Crippen LogP contribution in [0.2, 0.25) is 0 Å². The summed E-state index contributed by atoms with van der Waals surface area (Å²) in [6.45, 7) is 11.4. The molecule has 1 N–H and O–H groups in total. The Hall–Kier alpha value is -0.340. The second-order valence-corrected chi connectivity index (χ2v) is 5.70. The predicted molar refractivity (Wildman–Crippen MR) is 74.3 cm³/mol. The van der Waals surface area contributed by atoms with Crippen LogP contribution >= 0.6 is 0 Å². The average Bonchev–Trinajstić information content (AvgIpc) is 2.26. The number of hydrogen-bond acceptors (Lipinski definition) is 2. The first-order valence-electron chi connectivity index (χ1n) is 6.99. The standard InChI is InChI=1S/C15H29NO/c1-6-17-15(9-7-8-13(4)11-15)14(16-5)10-12(2)3/h13-14,16H,2,6-11H2,1,3-5H3. The van der Waals surface area contributed by atoms with Crippen molar-refractivity contribution < 1.29 is 4.74 Å². The van der Waals surface area contributed by atoms with E-state index in [0.29, 0.717) is 6.04 Å². The van der Waals surface area contributed by atoms with Crippen LogP contribution in [-0.2, 0) is 4.74 Å².